The fourth-order valence-electron chi connectivity index (χ4n) is 1.14. The molecule has 1 unspecified atom stereocenters. The van der Waals surface area contributed by atoms with Gasteiger partial charge in [0.05, 0.1) is 0 Å². The zero-order valence-electron chi connectivity index (χ0n) is 7.26. The van der Waals surface area contributed by atoms with Crippen LogP contribution >= 0.6 is 47.2 Å². The number of hydrogen-bond acceptors (Lipinski definition) is 3. The Hall–Kier alpha value is 0.590. The molecular formula is C7H11Cl4NO2. The Bertz CT molecular complexity index is 189. The molecule has 0 bridgehead atoms. The highest BCUT2D eigenvalue weighted by Crippen LogP contribution is 2.28. The number of halogens is 4. The topological polar surface area (TPSA) is 38.3 Å². The molecule has 0 aromatic heterocycles. The summed E-state index contributed by atoms with van der Waals surface area (Å²) >= 11 is 16.0. The molecule has 0 saturated carbocycles. The van der Waals surface area contributed by atoms with Gasteiger partial charge in [-0.05, 0) is 19.4 Å². The van der Waals surface area contributed by atoms with Gasteiger partial charge in [-0.15, -0.1) is 12.4 Å². The number of alkyl halides is 3. The number of piperidine rings is 1. The molecule has 1 saturated heterocycles. The maximum Gasteiger partial charge on any atom is 0.358 e. The number of rotatable bonds is 1. The lowest BCUT2D eigenvalue weighted by molar-refractivity contribution is -0.148. The van der Waals surface area contributed by atoms with Crippen LogP contribution in [0.1, 0.15) is 12.8 Å². The molecule has 84 valence electrons. The molecule has 3 nitrogen and oxygen atoms in total. The maximum atomic E-state index is 11.1. The molecule has 7 heteroatoms. The number of esters is 1. The number of carbonyl (C=O) groups is 1. The molecule has 1 aliphatic rings. The third-order valence-electron chi connectivity index (χ3n) is 1.76. The van der Waals surface area contributed by atoms with Crippen molar-refractivity contribution in [2.75, 3.05) is 13.1 Å². The summed E-state index contributed by atoms with van der Waals surface area (Å²) in [6.45, 7) is 1.58. The second-order valence-electron chi connectivity index (χ2n) is 2.87. The Morgan fingerprint density at radius 1 is 1.43 bits per heavy atom. The summed E-state index contributed by atoms with van der Waals surface area (Å²) in [5, 5.41) is 3.09. The van der Waals surface area contributed by atoms with Crippen molar-refractivity contribution in [1.29, 1.82) is 0 Å². The molecule has 0 aliphatic carbocycles. The Morgan fingerprint density at radius 2 is 2.07 bits per heavy atom. The second kappa shape index (κ2) is 6.23. The Balaban J connectivity index is 0.00000169. The van der Waals surface area contributed by atoms with E-state index in [9.17, 15) is 4.79 Å². The minimum absolute atomic E-state index is 0. The smallest absolute Gasteiger partial charge is 0.358 e. The standard InChI is InChI=1S/C7H10Cl3NO2.ClH/c8-7(9,10)6(12)13-5-2-1-3-11-4-5;/h5,11H,1-4H2;1H. The van der Waals surface area contributed by atoms with Gasteiger partial charge in [-0.1, -0.05) is 34.8 Å². The van der Waals surface area contributed by atoms with Crippen molar-refractivity contribution in [3.05, 3.63) is 0 Å². The summed E-state index contributed by atoms with van der Waals surface area (Å²) in [7, 11) is 0. The van der Waals surface area contributed by atoms with Gasteiger partial charge < -0.3 is 10.1 Å². The monoisotopic (exact) mass is 281 g/mol. The van der Waals surface area contributed by atoms with Gasteiger partial charge in [0.2, 0.25) is 0 Å². The zero-order chi connectivity index (χ0) is 9.90. The molecule has 1 atom stereocenters. The highest BCUT2D eigenvalue weighted by Gasteiger charge is 2.34. The van der Waals surface area contributed by atoms with Crippen LogP contribution in [-0.2, 0) is 9.53 Å². The average Bonchev–Trinajstić information content (AvgIpc) is 2.04. The normalized spacial score (nSPS) is 22.4. The van der Waals surface area contributed by atoms with E-state index in [2.05, 4.69) is 5.32 Å². The van der Waals surface area contributed by atoms with E-state index in [1.54, 1.807) is 0 Å². The number of ether oxygens (including phenoxy) is 1. The van der Waals surface area contributed by atoms with E-state index >= 15 is 0 Å². The summed E-state index contributed by atoms with van der Waals surface area (Å²) in [5.41, 5.74) is 0. The van der Waals surface area contributed by atoms with Crippen LogP contribution in [0, 0.1) is 0 Å². The van der Waals surface area contributed by atoms with E-state index in [-0.39, 0.29) is 18.5 Å². The first kappa shape index (κ1) is 14.6. The SMILES string of the molecule is Cl.O=C(OC1CCCNC1)C(Cl)(Cl)Cl. The van der Waals surface area contributed by atoms with E-state index in [1.807, 2.05) is 0 Å². The molecular weight excluding hydrogens is 272 g/mol. The largest absolute Gasteiger partial charge is 0.458 e. The molecule has 1 rings (SSSR count). The molecule has 14 heavy (non-hydrogen) atoms. The van der Waals surface area contributed by atoms with Crippen LogP contribution in [0.4, 0.5) is 0 Å². The quantitative estimate of drug-likeness (QED) is 0.591. The molecule has 0 aromatic carbocycles. The minimum atomic E-state index is -1.96. The van der Waals surface area contributed by atoms with Crippen LogP contribution < -0.4 is 5.32 Å². The van der Waals surface area contributed by atoms with Gasteiger partial charge in [-0.2, -0.15) is 0 Å². The molecule has 0 aromatic rings. The third-order valence-corrected chi connectivity index (χ3v) is 2.22. The number of carbonyl (C=O) groups excluding carboxylic acids is 1. The van der Waals surface area contributed by atoms with Gasteiger partial charge in [0, 0.05) is 6.54 Å². The second-order valence-corrected chi connectivity index (χ2v) is 5.15. The van der Waals surface area contributed by atoms with E-state index in [1.165, 1.54) is 0 Å². The lowest BCUT2D eigenvalue weighted by atomic mass is 10.1. The van der Waals surface area contributed by atoms with Gasteiger partial charge in [-0.25, -0.2) is 4.79 Å². The van der Waals surface area contributed by atoms with Crippen LogP contribution in [0.3, 0.4) is 0 Å². The fourth-order valence-corrected chi connectivity index (χ4v) is 1.27. The predicted octanol–water partition coefficient (Wildman–Crippen LogP) is 2.07. The van der Waals surface area contributed by atoms with Crippen LogP contribution in [0.5, 0.6) is 0 Å². The van der Waals surface area contributed by atoms with Gasteiger partial charge in [0.15, 0.2) is 0 Å². The first-order valence-corrected chi connectivity index (χ1v) is 5.12. The summed E-state index contributed by atoms with van der Waals surface area (Å²) in [6.07, 6.45) is 1.62. The van der Waals surface area contributed by atoms with E-state index in [0.717, 1.165) is 19.4 Å². The first-order valence-electron chi connectivity index (χ1n) is 3.98. The summed E-state index contributed by atoms with van der Waals surface area (Å²) in [6, 6.07) is 0. The van der Waals surface area contributed by atoms with Crippen molar-refractivity contribution in [2.45, 2.75) is 22.7 Å². The van der Waals surface area contributed by atoms with E-state index < -0.39 is 9.76 Å². The maximum absolute atomic E-state index is 11.1. The minimum Gasteiger partial charge on any atom is -0.458 e. The van der Waals surface area contributed by atoms with Crippen LogP contribution in [0.15, 0.2) is 0 Å². The van der Waals surface area contributed by atoms with Crippen molar-refractivity contribution >= 4 is 53.2 Å². The Kier molecular flexibility index (Phi) is 6.50. The van der Waals surface area contributed by atoms with Crippen molar-refractivity contribution in [3.63, 3.8) is 0 Å². The number of nitrogens with one attached hydrogen (secondary N) is 1. The molecule has 1 aliphatic heterocycles. The Morgan fingerprint density at radius 3 is 2.50 bits per heavy atom. The fraction of sp³-hybridized carbons (Fsp3) is 0.857. The molecule has 1 heterocycles. The van der Waals surface area contributed by atoms with E-state index in [4.69, 9.17) is 39.5 Å². The summed E-state index contributed by atoms with van der Waals surface area (Å²) in [5.74, 6) is -0.800. The molecule has 0 spiro atoms. The van der Waals surface area contributed by atoms with E-state index in [0.29, 0.717) is 6.54 Å². The van der Waals surface area contributed by atoms with Gasteiger partial charge >= 0.3 is 5.97 Å². The zero-order valence-corrected chi connectivity index (χ0v) is 10.3. The highest BCUT2D eigenvalue weighted by atomic mass is 35.6. The molecule has 0 radical (unpaired) electrons. The van der Waals surface area contributed by atoms with Crippen LogP contribution in [0.25, 0.3) is 0 Å². The third kappa shape index (κ3) is 4.89. The lowest BCUT2D eigenvalue weighted by Crippen LogP contribution is -2.39. The van der Waals surface area contributed by atoms with Crippen molar-refractivity contribution in [2.24, 2.45) is 0 Å². The Labute approximate surface area is 104 Å². The van der Waals surface area contributed by atoms with Crippen molar-refractivity contribution < 1.29 is 9.53 Å². The summed E-state index contributed by atoms with van der Waals surface area (Å²) in [4.78, 5) is 11.1. The molecule has 1 N–H and O–H groups in total. The molecule has 1 fully saturated rings. The van der Waals surface area contributed by atoms with Crippen LogP contribution in [0.2, 0.25) is 0 Å². The predicted molar refractivity (Wildman–Crippen MR) is 59.5 cm³/mol. The molecule has 0 amide bonds. The number of hydrogen-bond donors (Lipinski definition) is 1. The van der Waals surface area contributed by atoms with Crippen molar-refractivity contribution in [3.8, 4) is 0 Å². The van der Waals surface area contributed by atoms with Gasteiger partial charge in [0.25, 0.3) is 3.79 Å². The summed E-state index contributed by atoms with van der Waals surface area (Å²) < 4.78 is 3.00. The average molecular weight is 283 g/mol. The van der Waals surface area contributed by atoms with Crippen LogP contribution in [-0.4, -0.2) is 29.0 Å². The van der Waals surface area contributed by atoms with Gasteiger partial charge in [0.1, 0.15) is 6.10 Å². The first-order chi connectivity index (χ1) is 6.00. The highest BCUT2D eigenvalue weighted by molar-refractivity contribution is 6.75. The van der Waals surface area contributed by atoms with Crippen molar-refractivity contribution in [1.82, 2.24) is 5.32 Å². The lowest BCUT2D eigenvalue weighted by Gasteiger charge is -2.24. The van der Waals surface area contributed by atoms with Gasteiger partial charge in [-0.3, -0.25) is 0 Å².